The molecule has 0 saturated heterocycles. The summed E-state index contributed by atoms with van der Waals surface area (Å²) in [7, 11) is 1.53. The molecule has 0 aromatic carbocycles. The third-order valence-corrected chi connectivity index (χ3v) is 7.15. The Morgan fingerprint density at radius 1 is 0.545 bits per heavy atom. The maximum atomic E-state index is 12.2. The molecule has 0 fully saturated rings. The Morgan fingerprint density at radius 2 is 0.982 bits per heavy atom. The number of carboxylic acid groups (broad SMARTS) is 2. The van der Waals surface area contributed by atoms with Gasteiger partial charge in [0.15, 0.2) is 0 Å². The predicted molar refractivity (Wildman–Crippen MR) is 222 cm³/mol. The van der Waals surface area contributed by atoms with Crippen molar-refractivity contribution in [2.75, 3.05) is 73.2 Å². The normalized spacial score (nSPS) is 10.5. The highest BCUT2D eigenvalue weighted by molar-refractivity contribution is 7.59. The van der Waals surface area contributed by atoms with Crippen LogP contribution in [0.3, 0.4) is 0 Å². The van der Waals surface area contributed by atoms with Crippen LogP contribution in [0.4, 0.5) is 0 Å². The molecule has 0 aliphatic carbocycles. The van der Waals surface area contributed by atoms with Crippen molar-refractivity contribution in [2.45, 2.75) is 150 Å². The second kappa shape index (κ2) is 53.6. The molecule has 0 aromatic heterocycles. The number of unbranched alkanes of at least 4 members (excludes halogenated alkanes) is 10. The van der Waals surface area contributed by atoms with Gasteiger partial charge in [-0.15, -0.1) is 0 Å². The zero-order valence-corrected chi connectivity index (χ0v) is 36.4. The average molecular weight is 816 g/mol. The lowest BCUT2D eigenvalue weighted by atomic mass is 10.0. The van der Waals surface area contributed by atoms with Crippen LogP contribution in [0.15, 0.2) is 0 Å². The predicted octanol–water partition coefficient (Wildman–Crippen LogP) is 5.98. The van der Waals surface area contributed by atoms with Gasteiger partial charge < -0.3 is 49.8 Å². The Kier molecular flexibility index (Phi) is 60.1. The van der Waals surface area contributed by atoms with Gasteiger partial charge in [-0.25, -0.2) is 4.79 Å². The molecular weight excluding hydrogens is 735 g/mol. The largest absolute Gasteiger partial charge is 0.481 e. The second-order valence-corrected chi connectivity index (χ2v) is 11.7. The van der Waals surface area contributed by atoms with E-state index in [1.165, 1.54) is 20.0 Å². The molecule has 15 nitrogen and oxygen atoms in total. The van der Waals surface area contributed by atoms with Crippen molar-refractivity contribution in [2.24, 2.45) is 0 Å². The maximum Gasteiger partial charge on any atom is 0.326 e. The van der Waals surface area contributed by atoms with Crippen LogP contribution in [0.2, 0.25) is 0 Å². The summed E-state index contributed by atoms with van der Waals surface area (Å²) in [5, 5.41) is 25.9. The summed E-state index contributed by atoms with van der Waals surface area (Å²) in [6, 6.07) is -1.13. The van der Waals surface area contributed by atoms with Crippen LogP contribution in [-0.4, -0.2) is 119 Å². The number of nitrogens with one attached hydrogen (secondary N) is 3. The van der Waals surface area contributed by atoms with Gasteiger partial charge in [0.2, 0.25) is 17.7 Å². The topological polar surface area (TPSA) is 208 Å². The quantitative estimate of drug-likeness (QED) is 0.0370. The Balaban J connectivity index is -0.000000849. The van der Waals surface area contributed by atoms with Gasteiger partial charge in [0.1, 0.15) is 19.4 Å². The fourth-order valence-corrected chi connectivity index (χ4v) is 4.19. The number of carboxylic acids is 2. The fourth-order valence-electron chi connectivity index (χ4n) is 4.19. The highest BCUT2D eigenvalue weighted by Gasteiger charge is 2.20. The summed E-state index contributed by atoms with van der Waals surface area (Å²) in [5.74, 6) is -2.88. The van der Waals surface area contributed by atoms with Crippen LogP contribution in [0, 0.1) is 0 Å². The van der Waals surface area contributed by atoms with E-state index in [2.05, 4.69) is 29.8 Å². The molecule has 0 heterocycles. The molecule has 0 aromatic rings. The molecule has 0 bridgehead atoms. The standard InChI is InChI=1S/C31H57N3O12.C4H10.2C2H6.H2S/c1-42-25-46-23-21-44-19-17-33-29(37)24-45-22-20-43-18-16-32-27(35)15-14-26(31(40)41)34-28(36)12-10-8-6-4-2-3-5-7-9-11-13-30(38)39;1-3-4-2;2*1-2;/h26H,2-25H2,1H3,(H,32,35)(H,33,37)(H,34,36)(H,38,39)(H,40,41);3-4H2,1-2H3;2*1-2H3;1H2. The Bertz CT molecular complexity index is 855. The molecular formula is C39H81N3O12S. The number of carbonyl (C=O) groups excluding carboxylic acids is 3. The van der Waals surface area contributed by atoms with Crippen LogP contribution in [0.5, 0.6) is 0 Å². The molecule has 0 aliphatic rings. The van der Waals surface area contributed by atoms with Gasteiger partial charge in [0, 0.05) is 39.5 Å². The average Bonchev–Trinajstić information content (AvgIpc) is 3.17. The minimum atomic E-state index is -1.18. The number of hydrogen-bond donors (Lipinski definition) is 5. The van der Waals surface area contributed by atoms with Crippen LogP contribution in [0.1, 0.15) is 144 Å². The minimum absolute atomic E-state index is 0. The molecule has 1 unspecified atom stereocenters. The number of hydrogen-bond acceptors (Lipinski definition) is 10. The van der Waals surface area contributed by atoms with E-state index in [1.807, 2.05) is 27.7 Å². The zero-order chi connectivity index (χ0) is 41.5. The molecule has 0 radical (unpaired) electrons. The Labute approximate surface area is 339 Å². The van der Waals surface area contributed by atoms with Crippen LogP contribution in [0.25, 0.3) is 0 Å². The van der Waals surface area contributed by atoms with Gasteiger partial charge in [-0.05, 0) is 19.3 Å². The molecule has 16 heteroatoms. The van der Waals surface area contributed by atoms with Crippen molar-refractivity contribution in [3.05, 3.63) is 0 Å². The number of carbonyl (C=O) groups is 5. The number of rotatable bonds is 35. The van der Waals surface area contributed by atoms with Crippen molar-refractivity contribution in [3.8, 4) is 0 Å². The summed E-state index contributed by atoms with van der Waals surface area (Å²) in [5.41, 5.74) is 0. The van der Waals surface area contributed by atoms with E-state index in [0.29, 0.717) is 32.8 Å². The summed E-state index contributed by atoms with van der Waals surface area (Å²) in [6.07, 6.45) is 12.8. The molecule has 55 heavy (non-hydrogen) atoms. The Hall–Kier alpha value is -2.50. The van der Waals surface area contributed by atoms with E-state index in [0.717, 1.165) is 57.8 Å². The van der Waals surface area contributed by atoms with Crippen LogP contribution in [-0.2, 0) is 47.7 Å². The van der Waals surface area contributed by atoms with Gasteiger partial charge in [-0.2, -0.15) is 13.5 Å². The summed E-state index contributed by atoms with van der Waals surface area (Å²) < 4.78 is 25.7. The van der Waals surface area contributed by atoms with Gasteiger partial charge >= 0.3 is 11.9 Å². The van der Waals surface area contributed by atoms with E-state index in [-0.39, 0.29) is 96.7 Å². The van der Waals surface area contributed by atoms with Gasteiger partial charge in [0.25, 0.3) is 0 Å². The first-order chi connectivity index (χ1) is 26.2. The van der Waals surface area contributed by atoms with Gasteiger partial charge in [-0.3, -0.25) is 19.2 Å². The highest BCUT2D eigenvalue weighted by atomic mass is 32.1. The van der Waals surface area contributed by atoms with E-state index >= 15 is 0 Å². The van der Waals surface area contributed by atoms with Crippen molar-refractivity contribution in [1.29, 1.82) is 0 Å². The number of methoxy groups -OCH3 is 1. The number of amides is 3. The second-order valence-electron chi connectivity index (χ2n) is 11.7. The Morgan fingerprint density at radius 3 is 1.44 bits per heavy atom. The SMILES string of the molecule is CC.CC.CCCC.COCOCCOCCNC(=O)COCCOCCNC(=O)CCC(NC(=O)CCCCCCCCCCCCC(=O)O)C(=O)O.S. The first-order valence-electron chi connectivity index (χ1n) is 20.2. The van der Waals surface area contributed by atoms with Gasteiger partial charge in [-0.1, -0.05) is 106 Å². The maximum absolute atomic E-state index is 12.2. The van der Waals surface area contributed by atoms with Crippen molar-refractivity contribution in [1.82, 2.24) is 16.0 Å². The van der Waals surface area contributed by atoms with Gasteiger partial charge in [0.05, 0.1) is 39.6 Å². The minimum Gasteiger partial charge on any atom is -0.481 e. The van der Waals surface area contributed by atoms with Crippen molar-refractivity contribution in [3.63, 3.8) is 0 Å². The van der Waals surface area contributed by atoms with E-state index in [4.69, 9.17) is 28.8 Å². The first kappa shape index (κ1) is 61.7. The lowest BCUT2D eigenvalue weighted by molar-refractivity contribution is -0.142. The first-order valence-corrected chi connectivity index (χ1v) is 20.2. The van der Waals surface area contributed by atoms with E-state index in [1.54, 1.807) is 0 Å². The monoisotopic (exact) mass is 816 g/mol. The molecule has 0 aliphatic heterocycles. The smallest absolute Gasteiger partial charge is 0.326 e. The molecule has 3 amide bonds. The third-order valence-electron chi connectivity index (χ3n) is 7.15. The third kappa shape index (κ3) is 55.9. The van der Waals surface area contributed by atoms with Crippen molar-refractivity contribution >= 4 is 43.2 Å². The molecule has 0 saturated carbocycles. The van der Waals surface area contributed by atoms with E-state index < -0.39 is 18.0 Å². The molecule has 1 atom stereocenters. The zero-order valence-electron chi connectivity index (χ0n) is 35.4. The summed E-state index contributed by atoms with van der Waals surface area (Å²) >= 11 is 0. The summed E-state index contributed by atoms with van der Waals surface area (Å²) in [4.78, 5) is 58.0. The van der Waals surface area contributed by atoms with Crippen molar-refractivity contribution < 1.29 is 57.9 Å². The molecule has 0 rings (SSSR count). The lowest BCUT2D eigenvalue weighted by Gasteiger charge is -2.14. The fraction of sp³-hybridized carbons (Fsp3) is 0.872. The lowest BCUT2D eigenvalue weighted by Crippen LogP contribution is -2.41. The molecule has 5 N–H and O–H groups in total. The molecule has 330 valence electrons. The summed E-state index contributed by atoms with van der Waals surface area (Å²) in [6.45, 7) is 14.9. The molecule has 0 spiro atoms. The van der Waals surface area contributed by atoms with E-state index in [9.17, 15) is 29.1 Å². The number of ether oxygens (including phenoxy) is 5. The van der Waals surface area contributed by atoms with Crippen LogP contribution >= 0.6 is 13.5 Å². The number of aliphatic carboxylic acids is 2. The highest BCUT2D eigenvalue weighted by Crippen LogP contribution is 2.12. The van der Waals surface area contributed by atoms with Crippen LogP contribution < -0.4 is 16.0 Å².